The van der Waals surface area contributed by atoms with Gasteiger partial charge in [-0.1, -0.05) is 6.07 Å². The number of methoxy groups -OCH3 is 2. The molecule has 1 aliphatic rings. The number of hydrogen-bond donors (Lipinski definition) is 1. The zero-order chi connectivity index (χ0) is 29.4. The van der Waals surface area contributed by atoms with E-state index in [9.17, 15) is 18.7 Å². The van der Waals surface area contributed by atoms with Crippen LogP contribution in [0.5, 0.6) is 17.2 Å². The topological polar surface area (TPSA) is 98.5 Å². The highest BCUT2D eigenvalue weighted by molar-refractivity contribution is 5.77. The van der Waals surface area contributed by atoms with Crippen molar-refractivity contribution in [1.82, 2.24) is 19.6 Å². The van der Waals surface area contributed by atoms with Crippen LogP contribution in [0.1, 0.15) is 11.1 Å². The van der Waals surface area contributed by atoms with E-state index in [-0.39, 0.29) is 38.0 Å². The molecule has 1 N–H and O–H groups in total. The Morgan fingerprint density at radius 3 is 2.51 bits per heavy atom. The fourth-order valence-corrected chi connectivity index (χ4v) is 4.75. The number of β-amino-alcohol motifs (C(OH)–C–C–N with tert-alkyl or cyclic N) is 1. The van der Waals surface area contributed by atoms with Gasteiger partial charge >= 0.3 is 0 Å². The van der Waals surface area contributed by atoms with Crippen molar-refractivity contribution in [3.8, 4) is 17.2 Å². The Labute approximate surface area is 238 Å². The summed E-state index contributed by atoms with van der Waals surface area (Å²) in [7, 11) is 2.99. The Hall–Kier alpha value is -3.74. The van der Waals surface area contributed by atoms with E-state index in [2.05, 4.69) is 5.10 Å². The first-order valence-corrected chi connectivity index (χ1v) is 13.3. The van der Waals surface area contributed by atoms with Gasteiger partial charge in [0.2, 0.25) is 5.91 Å². The van der Waals surface area contributed by atoms with Crippen molar-refractivity contribution in [3.05, 3.63) is 71.6 Å². The van der Waals surface area contributed by atoms with Crippen LogP contribution in [-0.2, 0) is 22.6 Å². The SMILES string of the molecule is COCC(=O)N1CCN(Cc2ccc(OCCn3cc(C)cn3)c(OC)c2)C[C@@](O)(COc2cc(F)cc(F)c2)C1. The summed E-state index contributed by atoms with van der Waals surface area (Å²) < 4.78 is 51.3. The molecule has 1 amide bonds. The standard InChI is InChI=1S/C29H36F2N4O6/c1-21-14-32-35(15-21)8-9-40-26-5-4-22(10-27(26)39-3)16-33-6-7-34(28(36)17-38-2)19-29(37,18-33)20-41-25-12-23(30)11-24(31)13-25/h4-5,10-15,37H,6-9,16-20H2,1-3H3/t29-/m0/s1. The molecule has 41 heavy (non-hydrogen) atoms. The molecule has 1 atom stereocenters. The number of carbonyl (C=O) groups is 1. The number of nitrogens with zero attached hydrogens (tertiary/aromatic N) is 4. The van der Waals surface area contributed by atoms with E-state index >= 15 is 0 Å². The second kappa shape index (κ2) is 13.7. The lowest BCUT2D eigenvalue weighted by Gasteiger charge is -2.33. The van der Waals surface area contributed by atoms with Crippen molar-refractivity contribution in [3.63, 3.8) is 0 Å². The van der Waals surface area contributed by atoms with E-state index < -0.39 is 17.2 Å². The summed E-state index contributed by atoms with van der Waals surface area (Å²) in [5.41, 5.74) is 0.456. The quantitative estimate of drug-likeness (QED) is 0.353. The average Bonchev–Trinajstić information content (AvgIpc) is 3.26. The number of ether oxygens (including phenoxy) is 4. The minimum absolute atomic E-state index is 0.0324. The van der Waals surface area contributed by atoms with Crippen LogP contribution in [0.15, 0.2) is 48.8 Å². The van der Waals surface area contributed by atoms with Crippen LogP contribution >= 0.6 is 0 Å². The highest BCUT2D eigenvalue weighted by Gasteiger charge is 2.37. The summed E-state index contributed by atoms with van der Waals surface area (Å²) in [5, 5.41) is 15.8. The van der Waals surface area contributed by atoms with Crippen LogP contribution in [0.25, 0.3) is 0 Å². The van der Waals surface area contributed by atoms with Crippen molar-refractivity contribution in [2.75, 3.05) is 60.2 Å². The lowest BCUT2D eigenvalue weighted by atomic mass is 10.0. The maximum atomic E-state index is 13.7. The first kappa shape index (κ1) is 30.2. The summed E-state index contributed by atoms with van der Waals surface area (Å²) in [4.78, 5) is 16.2. The van der Waals surface area contributed by atoms with Gasteiger partial charge < -0.3 is 29.0 Å². The fraction of sp³-hybridized carbons (Fsp3) is 0.448. The number of aliphatic hydroxyl groups is 1. The summed E-state index contributed by atoms with van der Waals surface area (Å²) in [6.07, 6.45) is 3.73. The van der Waals surface area contributed by atoms with E-state index in [1.54, 1.807) is 13.3 Å². The van der Waals surface area contributed by atoms with Gasteiger partial charge in [0, 0.05) is 57.7 Å². The highest BCUT2D eigenvalue weighted by atomic mass is 19.1. The van der Waals surface area contributed by atoms with Gasteiger partial charge in [-0.3, -0.25) is 14.4 Å². The van der Waals surface area contributed by atoms with Crippen LogP contribution < -0.4 is 14.2 Å². The number of halogens is 2. The third-order valence-electron chi connectivity index (χ3n) is 6.63. The van der Waals surface area contributed by atoms with Crippen molar-refractivity contribution in [2.45, 2.75) is 25.6 Å². The molecule has 0 radical (unpaired) electrons. The largest absolute Gasteiger partial charge is 0.493 e. The Morgan fingerprint density at radius 2 is 1.83 bits per heavy atom. The molecule has 2 aromatic carbocycles. The molecular weight excluding hydrogens is 538 g/mol. The van der Waals surface area contributed by atoms with E-state index in [1.807, 2.05) is 40.9 Å². The second-order valence-corrected chi connectivity index (χ2v) is 10.2. The van der Waals surface area contributed by atoms with Gasteiger partial charge in [-0.15, -0.1) is 0 Å². The Bertz CT molecular complexity index is 1300. The third kappa shape index (κ3) is 8.62. The second-order valence-electron chi connectivity index (χ2n) is 10.2. The van der Waals surface area contributed by atoms with Crippen LogP contribution in [0.2, 0.25) is 0 Å². The molecule has 10 nitrogen and oxygen atoms in total. The van der Waals surface area contributed by atoms with Crippen molar-refractivity contribution >= 4 is 5.91 Å². The van der Waals surface area contributed by atoms with E-state index in [0.717, 1.165) is 29.3 Å². The minimum atomic E-state index is -1.53. The number of amides is 1. The van der Waals surface area contributed by atoms with Gasteiger partial charge in [0.05, 0.1) is 26.4 Å². The molecule has 0 unspecified atom stereocenters. The molecule has 4 rings (SSSR count). The number of benzene rings is 2. The third-order valence-corrected chi connectivity index (χ3v) is 6.63. The molecule has 0 saturated carbocycles. The van der Waals surface area contributed by atoms with Crippen LogP contribution in [0.3, 0.4) is 0 Å². The molecule has 2 heterocycles. The summed E-state index contributed by atoms with van der Waals surface area (Å²) in [6.45, 7) is 3.93. The summed E-state index contributed by atoms with van der Waals surface area (Å²) >= 11 is 0. The van der Waals surface area contributed by atoms with Crippen LogP contribution in [0.4, 0.5) is 8.78 Å². The number of aromatic nitrogens is 2. The fourth-order valence-electron chi connectivity index (χ4n) is 4.75. The van der Waals surface area contributed by atoms with Gasteiger partial charge in [0.25, 0.3) is 0 Å². The molecular formula is C29H36F2N4O6. The van der Waals surface area contributed by atoms with Gasteiger partial charge in [-0.2, -0.15) is 5.10 Å². The number of rotatable bonds is 12. The van der Waals surface area contributed by atoms with E-state index in [1.165, 1.54) is 12.0 Å². The van der Waals surface area contributed by atoms with E-state index in [0.29, 0.717) is 44.3 Å². The molecule has 0 aliphatic carbocycles. The number of aryl methyl sites for hydroxylation is 1. The van der Waals surface area contributed by atoms with Crippen LogP contribution in [0, 0.1) is 18.6 Å². The van der Waals surface area contributed by atoms with Crippen LogP contribution in [-0.4, -0.2) is 96.4 Å². The number of carbonyl (C=O) groups excluding carboxylic acids is 1. The van der Waals surface area contributed by atoms with Gasteiger partial charge in [-0.25, -0.2) is 8.78 Å². The monoisotopic (exact) mass is 574 g/mol. The zero-order valence-electron chi connectivity index (χ0n) is 23.5. The smallest absolute Gasteiger partial charge is 0.248 e. The Morgan fingerprint density at radius 1 is 1.05 bits per heavy atom. The number of hydrogen-bond acceptors (Lipinski definition) is 8. The zero-order valence-corrected chi connectivity index (χ0v) is 23.5. The first-order chi connectivity index (χ1) is 19.7. The minimum Gasteiger partial charge on any atom is -0.493 e. The first-order valence-electron chi connectivity index (χ1n) is 13.3. The summed E-state index contributed by atoms with van der Waals surface area (Å²) in [5.74, 6) is -0.742. The van der Waals surface area contributed by atoms with Crippen molar-refractivity contribution < 1.29 is 37.6 Å². The van der Waals surface area contributed by atoms with Gasteiger partial charge in [0.15, 0.2) is 11.5 Å². The van der Waals surface area contributed by atoms with Crippen molar-refractivity contribution in [2.24, 2.45) is 0 Å². The molecule has 0 spiro atoms. The van der Waals surface area contributed by atoms with Gasteiger partial charge in [0.1, 0.15) is 42.8 Å². The average molecular weight is 575 g/mol. The molecule has 3 aromatic rings. The molecule has 12 heteroatoms. The Balaban J connectivity index is 1.45. The normalized spacial score (nSPS) is 17.8. The predicted octanol–water partition coefficient (Wildman–Crippen LogP) is 2.66. The van der Waals surface area contributed by atoms with Crippen molar-refractivity contribution in [1.29, 1.82) is 0 Å². The molecule has 0 bridgehead atoms. The molecule has 222 valence electrons. The molecule has 1 aromatic heterocycles. The lowest BCUT2D eigenvalue weighted by molar-refractivity contribution is -0.138. The maximum Gasteiger partial charge on any atom is 0.248 e. The predicted molar refractivity (Wildman–Crippen MR) is 146 cm³/mol. The maximum absolute atomic E-state index is 13.7. The van der Waals surface area contributed by atoms with Gasteiger partial charge in [-0.05, 0) is 30.2 Å². The highest BCUT2D eigenvalue weighted by Crippen LogP contribution is 2.29. The summed E-state index contributed by atoms with van der Waals surface area (Å²) in [6, 6.07) is 8.45. The van der Waals surface area contributed by atoms with E-state index in [4.69, 9.17) is 18.9 Å². The molecule has 1 saturated heterocycles. The molecule has 1 aliphatic heterocycles. The lowest BCUT2D eigenvalue weighted by Crippen LogP contribution is -2.52. The Kier molecular flexibility index (Phi) is 10.1. The molecule has 1 fully saturated rings.